The van der Waals surface area contributed by atoms with Gasteiger partial charge in [-0.05, 0) is 31.9 Å². The lowest BCUT2D eigenvalue weighted by Crippen LogP contribution is -2.23. The number of carbonyl (C=O) groups is 1. The second kappa shape index (κ2) is 8.17. The highest BCUT2D eigenvalue weighted by Crippen LogP contribution is 2.24. The fraction of sp³-hybridized carbons (Fsp3) is 0.389. The molecular weight excluding hydrogens is 386 g/mol. The average molecular weight is 406 g/mol. The molecule has 0 aliphatic carbocycles. The van der Waals surface area contributed by atoms with Crippen LogP contribution >= 0.6 is 11.6 Å². The molecule has 3 aromatic rings. The predicted octanol–water partition coefficient (Wildman–Crippen LogP) is 2.75. The summed E-state index contributed by atoms with van der Waals surface area (Å²) in [6.45, 7) is 2.49. The van der Waals surface area contributed by atoms with Crippen LogP contribution in [-0.2, 0) is 19.0 Å². The lowest BCUT2D eigenvalue weighted by molar-refractivity contribution is -0.166. The standard InChI is InChI=1S/C18H20ClN5O4/c1-11-15(19)17-21-16(23-24(17)22-11)12-4-2-5-13(8-12)20-9-26-10-28-18(25)14-6-3-7-27-14/h2,4-5,8,14,20H,3,6-7,9-10H2,1H3,(H,21,23). The first-order valence-corrected chi connectivity index (χ1v) is 9.31. The Labute approximate surface area is 165 Å². The van der Waals surface area contributed by atoms with Crippen LogP contribution in [0.25, 0.3) is 17.0 Å². The molecule has 10 heteroatoms. The van der Waals surface area contributed by atoms with Gasteiger partial charge in [0.15, 0.2) is 24.4 Å². The average Bonchev–Trinajstić information content (AvgIpc) is 3.42. The summed E-state index contributed by atoms with van der Waals surface area (Å²) in [5, 5.41) is 12.3. The van der Waals surface area contributed by atoms with Crippen LogP contribution in [0.2, 0.25) is 5.02 Å². The number of anilines is 1. The number of rotatable bonds is 7. The summed E-state index contributed by atoms with van der Waals surface area (Å²) < 4.78 is 17.1. The van der Waals surface area contributed by atoms with E-state index in [0.29, 0.717) is 29.5 Å². The van der Waals surface area contributed by atoms with E-state index in [9.17, 15) is 4.79 Å². The third-order valence-electron chi connectivity index (χ3n) is 4.39. The van der Waals surface area contributed by atoms with Crippen LogP contribution < -0.4 is 5.32 Å². The normalized spacial score (nSPS) is 16.6. The van der Waals surface area contributed by atoms with Gasteiger partial charge in [-0.1, -0.05) is 23.7 Å². The summed E-state index contributed by atoms with van der Waals surface area (Å²) in [6, 6.07) is 7.64. The Balaban J connectivity index is 1.30. The van der Waals surface area contributed by atoms with E-state index in [1.165, 1.54) is 4.63 Å². The number of aromatic amines is 1. The Hall–Kier alpha value is -2.62. The molecule has 0 spiro atoms. The van der Waals surface area contributed by atoms with Crippen LogP contribution in [-0.4, -0.2) is 52.0 Å². The first-order valence-electron chi connectivity index (χ1n) is 8.93. The molecule has 0 saturated carbocycles. The summed E-state index contributed by atoms with van der Waals surface area (Å²) in [7, 11) is 0. The number of nitrogens with one attached hydrogen (secondary N) is 2. The molecular formula is C18H20ClN5O4. The Morgan fingerprint density at radius 1 is 1.46 bits per heavy atom. The van der Waals surface area contributed by atoms with Crippen LogP contribution in [0.15, 0.2) is 24.3 Å². The highest BCUT2D eigenvalue weighted by atomic mass is 35.5. The van der Waals surface area contributed by atoms with Gasteiger partial charge in [-0.25, -0.2) is 4.79 Å². The summed E-state index contributed by atoms with van der Waals surface area (Å²) >= 11 is 6.21. The molecule has 1 saturated heterocycles. The van der Waals surface area contributed by atoms with Gasteiger partial charge < -0.3 is 24.5 Å². The van der Waals surface area contributed by atoms with Crippen molar-refractivity contribution in [1.82, 2.24) is 19.8 Å². The van der Waals surface area contributed by atoms with E-state index >= 15 is 0 Å². The molecule has 1 fully saturated rings. The molecule has 2 aromatic heterocycles. The summed E-state index contributed by atoms with van der Waals surface area (Å²) in [5.41, 5.74) is 3.08. The number of esters is 1. The molecule has 148 valence electrons. The fourth-order valence-corrected chi connectivity index (χ4v) is 3.10. The third-order valence-corrected chi connectivity index (χ3v) is 4.85. The predicted molar refractivity (Wildman–Crippen MR) is 102 cm³/mol. The van der Waals surface area contributed by atoms with Crippen LogP contribution in [0.4, 0.5) is 5.69 Å². The quantitative estimate of drug-likeness (QED) is 0.354. The molecule has 28 heavy (non-hydrogen) atoms. The van der Waals surface area contributed by atoms with E-state index in [2.05, 4.69) is 20.5 Å². The molecule has 0 radical (unpaired) electrons. The second-order valence-corrected chi connectivity index (χ2v) is 6.78. The molecule has 3 heterocycles. The minimum atomic E-state index is -0.458. The number of benzene rings is 1. The minimum absolute atomic E-state index is 0.126. The topological polar surface area (TPSA) is 103 Å². The van der Waals surface area contributed by atoms with E-state index in [-0.39, 0.29) is 19.5 Å². The van der Waals surface area contributed by atoms with E-state index in [4.69, 9.17) is 25.8 Å². The van der Waals surface area contributed by atoms with Gasteiger partial charge >= 0.3 is 5.97 Å². The zero-order chi connectivity index (χ0) is 19.5. The smallest absolute Gasteiger partial charge is 0.337 e. The van der Waals surface area contributed by atoms with Crippen LogP contribution in [0.3, 0.4) is 0 Å². The van der Waals surface area contributed by atoms with Crippen molar-refractivity contribution >= 4 is 28.9 Å². The molecule has 1 unspecified atom stereocenters. The zero-order valence-electron chi connectivity index (χ0n) is 15.3. The number of H-pyrrole nitrogens is 1. The molecule has 1 aliphatic heterocycles. The maximum absolute atomic E-state index is 11.7. The highest BCUT2D eigenvalue weighted by molar-refractivity contribution is 6.34. The van der Waals surface area contributed by atoms with Crippen LogP contribution in [0, 0.1) is 6.92 Å². The molecule has 1 aromatic carbocycles. The number of hydrogen-bond acceptors (Lipinski definition) is 7. The van der Waals surface area contributed by atoms with Crippen molar-refractivity contribution in [3.8, 4) is 11.4 Å². The maximum atomic E-state index is 11.7. The van der Waals surface area contributed by atoms with Crippen molar-refractivity contribution in [3.63, 3.8) is 0 Å². The number of aryl methyl sites for hydroxylation is 1. The Morgan fingerprint density at radius 2 is 2.36 bits per heavy atom. The number of carbonyl (C=O) groups excluding carboxylic acids is 1. The van der Waals surface area contributed by atoms with E-state index in [1.807, 2.05) is 31.2 Å². The number of nitrogens with zero attached hydrogens (tertiary/aromatic N) is 3. The van der Waals surface area contributed by atoms with Crippen molar-refractivity contribution < 1.29 is 19.0 Å². The van der Waals surface area contributed by atoms with Gasteiger partial charge in [0.25, 0.3) is 0 Å². The highest BCUT2D eigenvalue weighted by Gasteiger charge is 2.24. The minimum Gasteiger partial charge on any atom is -0.436 e. The Morgan fingerprint density at radius 3 is 3.14 bits per heavy atom. The van der Waals surface area contributed by atoms with Gasteiger partial charge in [0.05, 0.1) is 5.69 Å². The maximum Gasteiger partial charge on any atom is 0.337 e. The van der Waals surface area contributed by atoms with Crippen molar-refractivity contribution in [1.29, 1.82) is 0 Å². The molecule has 4 rings (SSSR count). The van der Waals surface area contributed by atoms with Crippen molar-refractivity contribution in [3.05, 3.63) is 35.0 Å². The molecule has 9 nitrogen and oxygen atoms in total. The van der Waals surface area contributed by atoms with Crippen LogP contribution in [0.5, 0.6) is 0 Å². The number of halogens is 1. The lowest BCUT2D eigenvalue weighted by atomic mass is 10.2. The molecule has 2 N–H and O–H groups in total. The van der Waals surface area contributed by atoms with Crippen molar-refractivity contribution in [2.45, 2.75) is 25.9 Å². The van der Waals surface area contributed by atoms with E-state index in [0.717, 1.165) is 23.4 Å². The summed E-state index contributed by atoms with van der Waals surface area (Å²) in [6.07, 6.45) is 1.12. The number of aromatic nitrogens is 4. The molecule has 1 aliphatic rings. The van der Waals surface area contributed by atoms with Crippen LogP contribution in [0.1, 0.15) is 18.5 Å². The van der Waals surface area contributed by atoms with E-state index in [1.54, 1.807) is 0 Å². The van der Waals surface area contributed by atoms with Gasteiger partial charge in [-0.15, -0.1) is 9.73 Å². The Bertz CT molecular complexity index is 980. The molecule has 0 amide bonds. The molecule has 0 bridgehead atoms. The second-order valence-electron chi connectivity index (χ2n) is 6.40. The monoisotopic (exact) mass is 405 g/mol. The van der Waals surface area contributed by atoms with Gasteiger partial charge in [0.2, 0.25) is 0 Å². The number of ether oxygens (including phenoxy) is 3. The lowest BCUT2D eigenvalue weighted by Gasteiger charge is -2.11. The third kappa shape index (κ3) is 3.96. The SMILES string of the molecule is Cc1nn2nc(-c3cccc(NCOCOC(=O)C4CCCO4)c3)[nH]c2c1Cl. The summed E-state index contributed by atoms with van der Waals surface area (Å²) in [5.74, 6) is 0.274. The number of hydrogen-bond donors (Lipinski definition) is 2. The first kappa shape index (κ1) is 18.7. The summed E-state index contributed by atoms with van der Waals surface area (Å²) in [4.78, 5) is 14.9. The fourth-order valence-electron chi connectivity index (χ4n) is 2.94. The van der Waals surface area contributed by atoms with Crippen molar-refractivity contribution in [2.75, 3.05) is 25.4 Å². The van der Waals surface area contributed by atoms with Gasteiger partial charge in [0.1, 0.15) is 11.8 Å². The molecule has 1 atom stereocenters. The number of fused-ring (bicyclic) bond motifs is 1. The van der Waals surface area contributed by atoms with E-state index < -0.39 is 6.10 Å². The van der Waals surface area contributed by atoms with Gasteiger partial charge in [0, 0.05) is 17.9 Å². The largest absolute Gasteiger partial charge is 0.436 e. The zero-order valence-corrected chi connectivity index (χ0v) is 16.0. The van der Waals surface area contributed by atoms with Gasteiger partial charge in [-0.2, -0.15) is 5.10 Å². The Kier molecular flexibility index (Phi) is 5.47. The van der Waals surface area contributed by atoms with Gasteiger partial charge in [-0.3, -0.25) is 0 Å². The first-order chi connectivity index (χ1) is 13.6. The van der Waals surface area contributed by atoms with Crippen molar-refractivity contribution in [2.24, 2.45) is 0 Å².